The lowest BCUT2D eigenvalue weighted by molar-refractivity contribution is 0.603. The van der Waals surface area contributed by atoms with Gasteiger partial charge in [-0.1, -0.05) is 18.2 Å². The zero-order chi connectivity index (χ0) is 11.2. The lowest BCUT2D eigenvalue weighted by Crippen LogP contribution is -2.10. The summed E-state index contributed by atoms with van der Waals surface area (Å²) in [4.78, 5) is 0.387. The van der Waals surface area contributed by atoms with Gasteiger partial charge in [-0.2, -0.15) is 0 Å². The Kier molecular flexibility index (Phi) is 2.20. The molecule has 80 valence electrons. The highest BCUT2D eigenvalue weighted by Crippen LogP contribution is 2.36. The maximum absolute atomic E-state index is 11.9. The predicted molar refractivity (Wildman–Crippen MR) is 59.9 cm³/mol. The van der Waals surface area contributed by atoms with E-state index in [9.17, 15) is 8.42 Å². The minimum Gasteiger partial charge on any atom is -0.324 e. The number of allylic oxidation sites excluding steroid dienone is 1. The van der Waals surface area contributed by atoms with E-state index in [1.165, 1.54) is 5.41 Å². The van der Waals surface area contributed by atoms with E-state index < -0.39 is 9.84 Å². The van der Waals surface area contributed by atoms with Crippen molar-refractivity contribution in [2.24, 2.45) is 5.73 Å². The smallest absolute Gasteiger partial charge is 0.201 e. The van der Waals surface area contributed by atoms with Crippen LogP contribution in [0.4, 0.5) is 0 Å². The summed E-state index contributed by atoms with van der Waals surface area (Å²) >= 11 is 0. The first-order valence-electron chi connectivity index (χ1n) is 4.76. The van der Waals surface area contributed by atoms with Crippen molar-refractivity contribution in [3.8, 4) is 0 Å². The van der Waals surface area contributed by atoms with Crippen LogP contribution in [0.5, 0.6) is 0 Å². The molecule has 4 heteroatoms. The normalized spacial score (nSPS) is 19.5. The van der Waals surface area contributed by atoms with Gasteiger partial charge in [-0.25, -0.2) is 8.42 Å². The Morgan fingerprint density at radius 1 is 1.33 bits per heavy atom. The summed E-state index contributed by atoms with van der Waals surface area (Å²) in [5.74, 6) is 0. The summed E-state index contributed by atoms with van der Waals surface area (Å²) < 4.78 is 23.7. The fraction of sp³-hybridized carbons (Fsp3) is 0.273. The molecule has 0 bridgehead atoms. The van der Waals surface area contributed by atoms with Gasteiger partial charge in [0, 0.05) is 11.4 Å². The van der Waals surface area contributed by atoms with Crippen LogP contribution in [0.3, 0.4) is 0 Å². The summed E-state index contributed by atoms with van der Waals surface area (Å²) in [7, 11) is -3.27. The molecule has 1 atom stereocenters. The molecule has 1 aromatic rings. The third-order valence-electron chi connectivity index (χ3n) is 2.58. The van der Waals surface area contributed by atoms with E-state index >= 15 is 0 Å². The van der Waals surface area contributed by atoms with Gasteiger partial charge in [-0.15, -0.1) is 0 Å². The van der Waals surface area contributed by atoms with Crippen molar-refractivity contribution in [3.63, 3.8) is 0 Å². The molecule has 1 heterocycles. The molecule has 1 unspecified atom stereocenters. The first-order chi connectivity index (χ1) is 6.93. The van der Waals surface area contributed by atoms with E-state index in [0.717, 1.165) is 11.1 Å². The van der Waals surface area contributed by atoms with Gasteiger partial charge < -0.3 is 5.73 Å². The van der Waals surface area contributed by atoms with Crippen LogP contribution in [0.2, 0.25) is 0 Å². The number of hydrogen-bond donors (Lipinski definition) is 1. The van der Waals surface area contributed by atoms with E-state index in [2.05, 4.69) is 0 Å². The first kappa shape index (κ1) is 10.4. The third-order valence-corrected chi connectivity index (χ3v) is 4.27. The number of rotatable bonds is 1. The molecule has 0 spiro atoms. The minimum absolute atomic E-state index is 0.269. The third kappa shape index (κ3) is 1.50. The summed E-state index contributed by atoms with van der Waals surface area (Å²) in [5, 5.41) is 1.31. The molecule has 1 aliphatic rings. The summed E-state index contributed by atoms with van der Waals surface area (Å²) in [5.41, 5.74) is 8.03. The molecule has 0 saturated heterocycles. The summed E-state index contributed by atoms with van der Waals surface area (Å²) in [6.07, 6.45) is 0. The Bertz CT molecular complexity index is 542. The standard InChI is InChI=1S/C11H13NO2S/c1-7-6-15(13,14)11-9(7)4-3-5-10(11)8(2)12/h3-6,8H,12H2,1-2H3. The Labute approximate surface area is 89.5 Å². The van der Waals surface area contributed by atoms with Gasteiger partial charge >= 0.3 is 0 Å². The molecular formula is C11H13NO2S. The van der Waals surface area contributed by atoms with E-state index in [0.29, 0.717) is 10.5 Å². The maximum Gasteiger partial charge on any atom is 0.201 e. The quantitative estimate of drug-likeness (QED) is 0.790. The zero-order valence-corrected chi connectivity index (χ0v) is 9.51. The van der Waals surface area contributed by atoms with Crippen LogP contribution in [0, 0.1) is 0 Å². The Hall–Kier alpha value is -1.13. The summed E-state index contributed by atoms with van der Waals surface area (Å²) in [6.45, 7) is 3.59. The van der Waals surface area contributed by atoms with Gasteiger partial charge in [-0.3, -0.25) is 0 Å². The number of nitrogens with two attached hydrogens (primary N) is 1. The van der Waals surface area contributed by atoms with Crippen molar-refractivity contribution >= 4 is 15.4 Å². The molecule has 0 aliphatic carbocycles. The van der Waals surface area contributed by atoms with Crippen molar-refractivity contribution < 1.29 is 8.42 Å². The molecule has 15 heavy (non-hydrogen) atoms. The second-order valence-corrected chi connectivity index (χ2v) is 5.59. The number of sulfone groups is 1. The van der Waals surface area contributed by atoms with Gasteiger partial charge in [0.15, 0.2) is 0 Å². The second kappa shape index (κ2) is 3.18. The van der Waals surface area contributed by atoms with Gasteiger partial charge in [0.05, 0.1) is 4.90 Å². The van der Waals surface area contributed by atoms with Crippen LogP contribution >= 0.6 is 0 Å². The van der Waals surface area contributed by atoms with E-state index in [4.69, 9.17) is 5.73 Å². The van der Waals surface area contributed by atoms with Crippen LogP contribution in [0.15, 0.2) is 28.5 Å². The van der Waals surface area contributed by atoms with Gasteiger partial charge in [0.1, 0.15) is 0 Å². The molecular weight excluding hydrogens is 210 g/mol. The van der Waals surface area contributed by atoms with Crippen molar-refractivity contribution in [1.29, 1.82) is 0 Å². The Morgan fingerprint density at radius 2 is 2.00 bits per heavy atom. The van der Waals surface area contributed by atoms with Crippen molar-refractivity contribution in [2.45, 2.75) is 24.8 Å². The highest BCUT2D eigenvalue weighted by molar-refractivity contribution is 7.95. The van der Waals surface area contributed by atoms with Crippen LogP contribution < -0.4 is 5.73 Å². The molecule has 0 aromatic heterocycles. The molecule has 0 amide bonds. The maximum atomic E-state index is 11.9. The molecule has 1 aliphatic heterocycles. The van der Waals surface area contributed by atoms with Gasteiger partial charge in [0.2, 0.25) is 9.84 Å². The van der Waals surface area contributed by atoms with Gasteiger partial charge in [0.25, 0.3) is 0 Å². The zero-order valence-electron chi connectivity index (χ0n) is 8.69. The molecule has 0 radical (unpaired) electrons. The van der Waals surface area contributed by atoms with E-state index in [1.54, 1.807) is 19.9 Å². The molecule has 2 rings (SSSR count). The topological polar surface area (TPSA) is 60.2 Å². The average Bonchev–Trinajstić information content (AvgIpc) is 2.37. The fourth-order valence-electron chi connectivity index (χ4n) is 1.90. The minimum atomic E-state index is -3.27. The molecule has 1 aromatic carbocycles. The largest absolute Gasteiger partial charge is 0.324 e. The van der Waals surface area contributed by atoms with Crippen LogP contribution in [0.1, 0.15) is 31.0 Å². The Morgan fingerprint density at radius 3 is 2.60 bits per heavy atom. The Balaban J connectivity index is 2.82. The number of hydrogen-bond acceptors (Lipinski definition) is 3. The van der Waals surface area contributed by atoms with E-state index in [-0.39, 0.29) is 6.04 Å². The number of benzene rings is 1. The molecule has 2 N–H and O–H groups in total. The first-order valence-corrected chi connectivity index (χ1v) is 6.30. The van der Waals surface area contributed by atoms with E-state index in [1.807, 2.05) is 12.1 Å². The summed E-state index contributed by atoms with van der Waals surface area (Å²) in [6, 6.07) is 5.16. The molecule has 0 fully saturated rings. The monoisotopic (exact) mass is 223 g/mol. The predicted octanol–water partition coefficient (Wildman–Crippen LogP) is 1.85. The fourth-order valence-corrected chi connectivity index (χ4v) is 3.72. The van der Waals surface area contributed by atoms with Crippen molar-refractivity contribution in [1.82, 2.24) is 0 Å². The van der Waals surface area contributed by atoms with Crippen LogP contribution in [-0.4, -0.2) is 8.42 Å². The van der Waals surface area contributed by atoms with Crippen LogP contribution in [-0.2, 0) is 9.84 Å². The lowest BCUT2D eigenvalue weighted by atomic mass is 10.0. The number of fused-ring (bicyclic) bond motifs is 1. The average molecular weight is 223 g/mol. The SMILES string of the molecule is CC1=CS(=O)(=O)c2c1cccc2C(C)N. The van der Waals surface area contributed by atoms with Crippen LogP contribution in [0.25, 0.3) is 5.57 Å². The lowest BCUT2D eigenvalue weighted by Gasteiger charge is -2.11. The van der Waals surface area contributed by atoms with Crippen molar-refractivity contribution in [2.75, 3.05) is 0 Å². The van der Waals surface area contributed by atoms with Gasteiger partial charge in [-0.05, 0) is 30.5 Å². The highest BCUT2D eigenvalue weighted by atomic mass is 32.2. The van der Waals surface area contributed by atoms with Crippen molar-refractivity contribution in [3.05, 3.63) is 34.7 Å². The second-order valence-electron chi connectivity index (χ2n) is 3.86. The molecule has 0 saturated carbocycles. The highest BCUT2D eigenvalue weighted by Gasteiger charge is 2.28. The molecule has 3 nitrogen and oxygen atoms in total.